The Bertz CT molecular complexity index is 717. The Labute approximate surface area is 166 Å². The fourth-order valence-electron chi connectivity index (χ4n) is 3.31. The summed E-state index contributed by atoms with van der Waals surface area (Å²) in [6.45, 7) is 4.46. The van der Waals surface area contributed by atoms with Crippen LogP contribution in [-0.2, 0) is 11.3 Å². The van der Waals surface area contributed by atoms with E-state index in [9.17, 15) is 4.79 Å². The maximum Gasteiger partial charge on any atom is 0.223 e. The van der Waals surface area contributed by atoms with E-state index in [-0.39, 0.29) is 42.7 Å². The number of nitrogens with two attached hydrogens (primary N) is 1. The number of nitrogens with one attached hydrogen (secondary N) is 1. The Kier molecular flexibility index (Phi) is 8.53. The van der Waals surface area contributed by atoms with E-state index in [1.807, 2.05) is 36.7 Å². The topological polar surface area (TPSA) is 85.8 Å². The van der Waals surface area contributed by atoms with Gasteiger partial charge in [-0.25, -0.2) is 9.67 Å². The number of carbonyl (C=O) groups excluding carboxylic acids is 1. The molecule has 0 spiro atoms. The molecule has 1 aliphatic rings. The minimum Gasteiger partial charge on any atom is -0.352 e. The van der Waals surface area contributed by atoms with Gasteiger partial charge in [0.2, 0.25) is 5.91 Å². The van der Waals surface area contributed by atoms with Gasteiger partial charge in [0.25, 0.3) is 0 Å². The zero-order chi connectivity index (χ0) is 17.1. The summed E-state index contributed by atoms with van der Waals surface area (Å²) in [4.78, 5) is 16.7. The molecule has 0 aromatic carbocycles. The maximum absolute atomic E-state index is 12.3. The van der Waals surface area contributed by atoms with Crippen molar-refractivity contribution >= 4 is 30.7 Å². The first kappa shape index (κ1) is 22.4. The molecule has 1 amide bonds. The number of halogens is 2. The number of aromatic nitrogens is 3. The van der Waals surface area contributed by atoms with Crippen LogP contribution in [0.5, 0.6) is 0 Å². The molecule has 144 valence electrons. The van der Waals surface area contributed by atoms with E-state index in [2.05, 4.69) is 15.4 Å². The molecule has 0 saturated heterocycles. The number of pyridine rings is 1. The number of nitrogens with zero attached hydrogens (tertiary/aromatic N) is 3. The summed E-state index contributed by atoms with van der Waals surface area (Å²) in [5.74, 6) is 0.942. The van der Waals surface area contributed by atoms with Crippen molar-refractivity contribution in [1.82, 2.24) is 20.1 Å². The van der Waals surface area contributed by atoms with Gasteiger partial charge in [-0.2, -0.15) is 5.10 Å². The lowest BCUT2D eigenvalue weighted by Crippen LogP contribution is -2.37. The summed E-state index contributed by atoms with van der Waals surface area (Å²) >= 11 is 0. The van der Waals surface area contributed by atoms with Crippen LogP contribution in [0.3, 0.4) is 0 Å². The highest BCUT2D eigenvalue weighted by Gasteiger charge is 2.24. The van der Waals surface area contributed by atoms with Gasteiger partial charge in [0.15, 0.2) is 5.82 Å². The van der Waals surface area contributed by atoms with Gasteiger partial charge in [-0.1, -0.05) is 12.5 Å². The van der Waals surface area contributed by atoms with Crippen molar-refractivity contribution in [1.29, 1.82) is 0 Å². The molecule has 2 heterocycles. The molecule has 6 nitrogen and oxygen atoms in total. The third kappa shape index (κ3) is 5.43. The second kappa shape index (κ2) is 9.90. The molecule has 3 N–H and O–H groups in total. The molecule has 2 atom stereocenters. The lowest BCUT2D eigenvalue weighted by atomic mass is 9.85. The van der Waals surface area contributed by atoms with E-state index < -0.39 is 0 Å². The van der Waals surface area contributed by atoms with Crippen molar-refractivity contribution < 1.29 is 4.79 Å². The van der Waals surface area contributed by atoms with Crippen LogP contribution in [0, 0.1) is 19.8 Å². The number of aryl methyl sites for hydroxylation is 2. The number of rotatable bonds is 4. The molecule has 8 heteroatoms. The first-order valence-corrected chi connectivity index (χ1v) is 8.55. The van der Waals surface area contributed by atoms with Gasteiger partial charge in [-0.05, 0) is 50.8 Å². The summed E-state index contributed by atoms with van der Waals surface area (Å²) in [6.07, 6.45) is 5.59. The monoisotopic (exact) mass is 399 g/mol. The predicted molar refractivity (Wildman–Crippen MR) is 107 cm³/mol. The average Bonchev–Trinajstić information content (AvgIpc) is 2.91. The molecule has 2 aromatic heterocycles. The second-order valence-electron chi connectivity index (χ2n) is 6.70. The molecule has 0 radical (unpaired) electrons. The zero-order valence-electron chi connectivity index (χ0n) is 15.1. The van der Waals surface area contributed by atoms with Crippen LogP contribution in [-0.4, -0.2) is 26.7 Å². The predicted octanol–water partition coefficient (Wildman–Crippen LogP) is 2.86. The first-order valence-electron chi connectivity index (χ1n) is 8.55. The normalized spacial score (nSPS) is 19.2. The largest absolute Gasteiger partial charge is 0.352 e. The molecular weight excluding hydrogens is 373 g/mol. The van der Waals surface area contributed by atoms with Gasteiger partial charge >= 0.3 is 0 Å². The maximum atomic E-state index is 12.3. The highest BCUT2D eigenvalue weighted by molar-refractivity contribution is 5.85. The third-order valence-electron chi connectivity index (χ3n) is 4.59. The molecule has 0 bridgehead atoms. The van der Waals surface area contributed by atoms with Crippen LogP contribution < -0.4 is 11.1 Å². The molecule has 1 fully saturated rings. The quantitative estimate of drug-likeness (QED) is 0.827. The lowest BCUT2D eigenvalue weighted by molar-refractivity contribution is -0.126. The van der Waals surface area contributed by atoms with Crippen molar-refractivity contribution in [3.8, 4) is 5.82 Å². The number of hydrogen-bond donors (Lipinski definition) is 2. The van der Waals surface area contributed by atoms with Crippen molar-refractivity contribution in [3.63, 3.8) is 0 Å². The SMILES string of the molecule is Cc1cc(C)n(-c2ccc(CNC(=O)C3CCCC(N)C3)cn2)n1.Cl.Cl. The standard InChI is InChI=1S/C18H25N5O.2ClH/c1-12-8-13(2)23(22-12)17-7-6-14(10-20-17)11-21-18(24)15-4-3-5-16(19)9-15;;/h6-8,10,15-16H,3-5,9,11,19H2,1-2H3,(H,21,24);2*1H. The van der Waals surface area contributed by atoms with Crippen molar-refractivity contribution in [2.24, 2.45) is 11.7 Å². The summed E-state index contributed by atoms with van der Waals surface area (Å²) in [5, 5.41) is 7.43. The van der Waals surface area contributed by atoms with Crippen LogP contribution in [0.2, 0.25) is 0 Å². The van der Waals surface area contributed by atoms with Gasteiger partial charge in [0, 0.05) is 30.4 Å². The van der Waals surface area contributed by atoms with Crippen LogP contribution in [0.4, 0.5) is 0 Å². The molecule has 3 rings (SSSR count). The fourth-order valence-corrected chi connectivity index (χ4v) is 3.31. The van der Waals surface area contributed by atoms with Crippen molar-refractivity contribution in [2.75, 3.05) is 0 Å². The first-order chi connectivity index (χ1) is 11.5. The smallest absolute Gasteiger partial charge is 0.223 e. The van der Waals surface area contributed by atoms with Gasteiger partial charge in [0.05, 0.1) is 5.69 Å². The Hall–Kier alpha value is -1.63. The molecule has 26 heavy (non-hydrogen) atoms. The third-order valence-corrected chi connectivity index (χ3v) is 4.59. The van der Waals surface area contributed by atoms with Crippen LogP contribution in [0.15, 0.2) is 24.4 Å². The van der Waals surface area contributed by atoms with E-state index >= 15 is 0 Å². The average molecular weight is 400 g/mol. The van der Waals surface area contributed by atoms with Crippen molar-refractivity contribution in [3.05, 3.63) is 41.3 Å². The van der Waals surface area contributed by atoms with E-state index in [4.69, 9.17) is 5.73 Å². The Morgan fingerprint density at radius 2 is 2.08 bits per heavy atom. The molecule has 1 aliphatic carbocycles. The van der Waals surface area contributed by atoms with Crippen LogP contribution in [0.1, 0.15) is 42.6 Å². The Balaban J connectivity index is 0.00000169. The van der Waals surface area contributed by atoms with E-state index in [1.165, 1.54) is 0 Å². The highest BCUT2D eigenvalue weighted by Crippen LogP contribution is 2.23. The number of carbonyl (C=O) groups is 1. The zero-order valence-corrected chi connectivity index (χ0v) is 16.8. The van der Waals surface area contributed by atoms with Crippen LogP contribution >= 0.6 is 24.8 Å². The van der Waals surface area contributed by atoms with E-state index in [1.54, 1.807) is 6.20 Å². The molecule has 2 unspecified atom stereocenters. The number of hydrogen-bond acceptors (Lipinski definition) is 4. The van der Waals surface area contributed by atoms with Gasteiger partial charge in [-0.3, -0.25) is 4.79 Å². The minimum absolute atomic E-state index is 0. The molecule has 1 saturated carbocycles. The lowest BCUT2D eigenvalue weighted by Gasteiger charge is -2.25. The Morgan fingerprint density at radius 3 is 2.65 bits per heavy atom. The molecular formula is C18H27Cl2N5O. The van der Waals surface area contributed by atoms with Gasteiger partial charge in [-0.15, -0.1) is 24.8 Å². The van der Waals surface area contributed by atoms with Crippen LogP contribution in [0.25, 0.3) is 5.82 Å². The van der Waals surface area contributed by atoms with E-state index in [0.717, 1.165) is 48.5 Å². The van der Waals surface area contributed by atoms with Gasteiger partial charge in [0.1, 0.15) is 0 Å². The molecule has 0 aliphatic heterocycles. The summed E-state index contributed by atoms with van der Waals surface area (Å²) in [6, 6.07) is 6.09. The Morgan fingerprint density at radius 1 is 1.31 bits per heavy atom. The van der Waals surface area contributed by atoms with E-state index in [0.29, 0.717) is 6.54 Å². The number of amides is 1. The summed E-state index contributed by atoms with van der Waals surface area (Å²) < 4.78 is 1.82. The molecule has 2 aromatic rings. The minimum atomic E-state index is 0. The highest BCUT2D eigenvalue weighted by atomic mass is 35.5. The summed E-state index contributed by atoms with van der Waals surface area (Å²) in [7, 11) is 0. The second-order valence-corrected chi connectivity index (χ2v) is 6.70. The van der Waals surface area contributed by atoms with Crippen molar-refractivity contribution in [2.45, 2.75) is 52.1 Å². The van der Waals surface area contributed by atoms with Gasteiger partial charge < -0.3 is 11.1 Å². The fraction of sp³-hybridized carbons (Fsp3) is 0.500. The summed E-state index contributed by atoms with van der Waals surface area (Å²) in [5.41, 5.74) is 8.96.